The average molecular weight is 168 g/mol. The van der Waals surface area contributed by atoms with Crippen LogP contribution in [0, 0.1) is 4.64 Å². The largest absolute Gasteiger partial charge is 0.351 e. The topological polar surface area (TPSA) is 44.9 Å². The van der Waals surface area contributed by atoms with Crippen LogP contribution in [-0.4, -0.2) is 10.9 Å². The Labute approximate surface area is 69.5 Å². The molecule has 1 aromatic heterocycles. The first-order chi connectivity index (χ1) is 5.20. The molecule has 1 heterocycles. The van der Waals surface area contributed by atoms with Crippen molar-refractivity contribution in [3.05, 3.63) is 23.0 Å². The van der Waals surface area contributed by atoms with Gasteiger partial charge in [0.1, 0.15) is 4.64 Å². The number of aromatic amines is 1. The molecule has 2 N–H and O–H groups in total. The predicted molar refractivity (Wildman–Crippen MR) is 45.9 cm³/mol. The van der Waals surface area contributed by atoms with Crippen molar-refractivity contribution in [3.63, 3.8) is 0 Å². The molecule has 0 aliphatic rings. The first kappa shape index (κ1) is 7.94. The number of hydrogen-bond acceptors (Lipinski definition) is 2. The zero-order valence-corrected chi connectivity index (χ0v) is 6.87. The fourth-order valence-corrected chi connectivity index (χ4v) is 0.897. The number of aromatic nitrogens is 1. The highest BCUT2D eigenvalue weighted by atomic mass is 32.1. The number of carbonyl (C=O) groups excluding carboxylic acids is 1. The molecular formula is C7H8N2OS. The van der Waals surface area contributed by atoms with E-state index in [0.29, 0.717) is 10.3 Å². The van der Waals surface area contributed by atoms with Crippen molar-refractivity contribution in [3.8, 4) is 0 Å². The van der Waals surface area contributed by atoms with Crippen molar-refractivity contribution >= 4 is 23.8 Å². The number of rotatable bonds is 1. The van der Waals surface area contributed by atoms with E-state index in [1.165, 1.54) is 6.92 Å². The molecule has 4 heteroatoms. The average Bonchev–Trinajstić information content (AvgIpc) is 1.93. The molecule has 0 bridgehead atoms. The van der Waals surface area contributed by atoms with E-state index in [2.05, 4.69) is 10.3 Å². The van der Waals surface area contributed by atoms with Crippen molar-refractivity contribution in [2.75, 3.05) is 5.32 Å². The molecule has 3 nitrogen and oxygen atoms in total. The third-order valence-corrected chi connectivity index (χ3v) is 1.47. The van der Waals surface area contributed by atoms with Crippen molar-refractivity contribution in [1.29, 1.82) is 0 Å². The van der Waals surface area contributed by atoms with Gasteiger partial charge in [0.05, 0.1) is 5.69 Å². The van der Waals surface area contributed by atoms with E-state index in [9.17, 15) is 4.79 Å². The van der Waals surface area contributed by atoms with Gasteiger partial charge in [0.15, 0.2) is 0 Å². The Kier molecular flexibility index (Phi) is 2.38. The fourth-order valence-electron chi connectivity index (χ4n) is 0.710. The Balaban J connectivity index is 2.95. The number of hydrogen-bond donors (Lipinski definition) is 2. The van der Waals surface area contributed by atoms with Crippen molar-refractivity contribution in [1.82, 2.24) is 4.98 Å². The SMILES string of the molecule is CC(=O)Nc1ccc[nH]c1=S. The summed E-state index contributed by atoms with van der Waals surface area (Å²) in [6.07, 6.45) is 1.72. The Morgan fingerprint density at radius 3 is 3.00 bits per heavy atom. The van der Waals surface area contributed by atoms with Crippen LogP contribution in [0.4, 0.5) is 5.69 Å². The van der Waals surface area contributed by atoms with Crippen molar-refractivity contribution < 1.29 is 4.79 Å². The highest BCUT2D eigenvalue weighted by molar-refractivity contribution is 7.71. The third kappa shape index (κ3) is 2.16. The molecule has 58 valence electrons. The number of carbonyl (C=O) groups is 1. The summed E-state index contributed by atoms with van der Waals surface area (Å²) in [5, 5.41) is 2.60. The highest BCUT2D eigenvalue weighted by Crippen LogP contribution is 2.05. The van der Waals surface area contributed by atoms with Gasteiger partial charge in [0, 0.05) is 13.1 Å². The van der Waals surface area contributed by atoms with Crippen LogP contribution < -0.4 is 5.32 Å². The standard InChI is InChI=1S/C7H8N2OS/c1-5(10)9-6-3-2-4-8-7(6)11/h2-4H,1H3,(H,8,11)(H,9,10). The lowest BCUT2D eigenvalue weighted by Crippen LogP contribution is -2.06. The van der Waals surface area contributed by atoms with Gasteiger partial charge in [-0.3, -0.25) is 4.79 Å². The third-order valence-electron chi connectivity index (χ3n) is 1.13. The summed E-state index contributed by atoms with van der Waals surface area (Å²) >= 11 is 4.90. The van der Waals surface area contributed by atoms with Gasteiger partial charge < -0.3 is 10.3 Å². The van der Waals surface area contributed by atoms with Gasteiger partial charge in [0.25, 0.3) is 0 Å². The predicted octanol–water partition coefficient (Wildman–Crippen LogP) is 1.70. The Hall–Kier alpha value is -1.16. The van der Waals surface area contributed by atoms with Gasteiger partial charge >= 0.3 is 0 Å². The molecule has 1 amide bonds. The molecule has 0 saturated carbocycles. The van der Waals surface area contributed by atoms with Crippen molar-refractivity contribution in [2.45, 2.75) is 6.92 Å². The Morgan fingerprint density at radius 2 is 2.45 bits per heavy atom. The van der Waals surface area contributed by atoms with E-state index in [4.69, 9.17) is 12.2 Å². The van der Waals surface area contributed by atoms with E-state index in [-0.39, 0.29) is 5.91 Å². The summed E-state index contributed by atoms with van der Waals surface area (Å²) in [6, 6.07) is 3.53. The molecule has 0 spiro atoms. The number of anilines is 1. The lowest BCUT2D eigenvalue weighted by Gasteiger charge is -1.99. The number of amides is 1. The van der Waals surface area contributed by atoms with Gasteiger partial charge in [-0.1, -0.05) is 12.2 Å². The molecule has 0 aromatic carbocycles. The Bertz CT molecular complexity index is 318. The second-order valence-electron chi connectivity index (χ2n) is 2.09. The number of nitrogens with one attached hydrogen (secondary N) is 2. The van der Waals surface area contributed by atoms with Gasteiger partial charge in [0.2, 0.25) is 5.91 Å². The maximum Gasteiger partial charge on any atom is 0.221 e. The molecule has 0 saturated heterocycles. The molecule has 0 aliphatic carbocycles. The minimum atomic E-state index is -0.115. The zero-order valence-electron chi connectivity index (χ0n) is 6.05. The molecular weight excluding hydrogens is 160 g/mol. The van der Waals surface area contributed by atoms with Gasteiger partial charge in [-0.2, -0.15) is 0 Å². The van der Waals surface area contributed by atoms with Gasteiger partial charge in [-0.15, -0.1) is 0 Å². The number of pyridine rings is 1. The van der Waals surface area contributed by atoms with E-state index < -0.39 is 0 Å². The fraction of sp³-hybridized carbons (Fsp3) is 0.143. The molecule has 0 aliphatic heterocycles. The van der Waals surface area contributed by atoms with Crippen LogP contribution in [0.15, 0.2) is 18.3 Å². The lowest BCUT2D eigenvalue weighted by atomic mass is 10.4. The van der Waals surface area contributed by atoms with E-state index >= 15 is 0 Å². The normalized spacial score (nSPS) is 9.18. The molecule has 1 rings (SSSR count). The Morgan fingerprint density at radius 1 is 1.73 bits per heavy atom. The molecule has 1 aromatic rings. The maximum atomic E-state index is 10.6. The zero-order chi connectivity index (χ0) is 8.27. The van der Waals surface area contributed by atoms with Crippen LogP contribution in [0.1, 0.15) is 6.92 Å². The summed E-state index contributed by atoms with van der Waals surface area (Å²) < 4.78 is 0.544. The molecule has 0 fully saturated rings. The first-order valence-corrected chi connectivity index (χ1v) is 3.56. The second kappa shape index (κ2) is 3.30. The van der Waals surface area contributed by atoms with E-state index in [0.717, 1.165) is 0 Å². The summed E-state index contributed by atoms with van der Waals surface area (Å²) in [5.74, 6) is -0.115. The quantitative estimate of drug-likeness (QED) is 0.627. The lowest BCUT2D eigenvalue weighted by molar-refractivity contribution is -0.114. The van der Waals surface area contributed by atoms with Crippen LogP contribution in [0.25, 0.3) is 0 Å². The summed E-state index contributed by atoms with van der Waals surface area (Å²) in [6.45, 7) is 1.45. The van der Waals surface area contributed by atoms with Crippen LogP contribution in [0.5, 0.6) is 0 Å². The van der Waals surface area contributed by atoms with Crippen LogP contribution in [0.2, 0.25) is 0 Å². The molecule has 11 heavy (non-hydrogen) atoms. The van der Waals surface area contributed by atoms with E-state index in [1.807, 2.05) is 0 Å². The molecule has 0 atom stereocenters. The van der Waals surface area contributed by atoms with Gasteiger partial charge in [-0.05, 0) is 12.1 Å². The molecule has 0 unspecified atom stereocenters. The summed E-state index contributed by atoms with van der Waals surface area (Å²) in [7, 11) is 0. The first-order valence-electron chi connectivity index (χ1n) is 3.15. The minimum Gasteiger partial charge on any atom is -0.351 e. The van der Waals surface area contributed by atoms with E-state index in [1.54, 1.807) is 18.3 Å². The van der Waals surface area contributed by atoms with Crippen LogP contribution in [0.3, 0.4) is 0 Å². The maximum absolute atomic E-state index is 10.6. The summed E-state index contributed by atoms with van der Waals surface area (Å²) in [4.78, 5) is 13.4. The number of H-pyrrole nitrogens is 1. The van der Waals surface area contributed by atoms with Gasteiger partial charge in [-0.25, -0.2) is 0 Å². The van der Waals surface area contributed by atoms with Crippen LogP contribution >= 0.6 is 12.2 Å². The smallest absolute Gasteiger partial charge is 0.221 e. The minimum absolute atomic E-state index is 0.115. The summed E-state index contributed by atoms with van der Waals surface area (Å²) in [5.41, 5.74) is 0.648. The highest BCUT2D eigenvalue weighted by Gasteiger charge is 1.94. The second-order valence-corrected chi connectivity index (χ2v) is 2.50. The monoisotopic (exact) mass is 168 g/mol. The van der Waals surface area contributed by atoms with Crippen molar-refractivity contribution in [2.24, 2.45) is 0 Å². The molecule has 0 radical (unpaired) electrons. The van der Waals surface area contributed by atoms with Crippen LogP contribution in [-0.2, 0) is 4.79 Å².